The second-order valence-electron chi connectivity index (χ2n) is 10.3. The van der Waals surface area contributed by atoms with Crippen molar-refractivity contribution in [3.05, 3.63) is 41.6 Å². The lowest BCUT2D eigenvalue weighted by atomic mass is 9.70. The van der Waals surface area contributed by atoms with Crippen LogP contribution in [0, 0.1) is 23.2 Å². The maximum atomic E-state index is 16.0. The molecule has 0 bridgehead atoms. The first-order valence-corrected chi connectivity index (χ1v) is 16.9. The molecular weight excluding hydrogens is 661 g/mol. The zero-order valence-corrected chi connectivity index (χ0v) is 26.0. The zero-order valence-electron chi connectivity index (χ0n) is 22.8. The van der Waals surface area contributed by atoms with Gasteiger partial charge in [0, 0.05) is 24.8 Å². The van der Waals surface area contributed by atoms with Crippen LogP contribution in [0.4, 0.5) is 4.39 Å². The van der Waals surface area contributed by atoms with E-state index in [4.69, 9.17) is 58.6 Å². The molecule has 8 atom stereocenters. The molecule has 0 radical (unpaired) electrons. The number of aromatic nitrogens is 7. The molecule has 44 heavy (non-hydrogen) atoms. The van der Waals surface area contributed by atoms with Crippen molar-refractivity contribution in [2.24, 2.45) is 11.8 Å². The van der Waals surface area contributed by atoms with Crippen LogP contribution in [0.3, 0.4) is 0 Å². The van der Waals surface area contributed by atoms with Gasteiger partial charge in [-0.3, -0.25) is 4.52 Å². The first-order chi connectivity index (χ1) is 21.3. The van der Waals surface area contributed by atoms with Crippen LogP contribution in [-0.2, 0) is 30.1 Å². The molecule has 4 aromatic heterocycles. The highest BCUT2D eigenvalue weighted by Crippen LogP contribution is 2.56. The molecule has 0 spiro atoms. The quantitative estimate of drug-likeness (QED) is 0.126. The van der Waals surface area contributed by atoms with Crippen molar-refractivity contribution in [2.75, 3.05) is 26.4 Å². The third-order valence-corrected chi connectivity index (χ3v) is 10.8. The van der Waals surface area contributed by atoms with Gasteiger partial charge in [0.1, 0.15) is 41.2 Å². The maximum absolute atomic E-state index is 16.0. The fraction of sp³-hybridized carbons (Fsp3) is 0.520. The highest BCUT2D eigenvalue weighted by Gasteiger charge is 2.50. The molecule has 19 heteroatoms. The first-order valence-electron chi connectivity index (χ1n) is 13.5. The molecular formula is C25H26Cl2FN8O6PS. The predicted molar refractivity (Wildman–Crippen MR) is 158 cm³/mol. The summed E-state index contributed by atoms with van der Waals surface area (Å²) in [5.41, 5.74) is 1.34. The second-order valence-corrected chi connectivity index (χ2v) is 13.9. The Labute approximate surface area is 264 Å². The minimum absolute atomic E-state index is 0.00388. The van der Waals surface area contributed by atoms with Crippen LogP contribution >= 0.6 is 29.9 Å². The Morgan fingerprint density at radius 3 is 2.61 bits per heavy atom. The number of hydrogen-bond acceptors (Lipinski definition) is 13. The van der Waals surface area contributed by atoms with Gasteiger partial charge in [-0.1, -0.05) is 23.2 Å². The molecule has 1 saturated heterocycles. The van der Waals surface area contributed by atoms with Gasteiger partial charge in [0.25, 0.3) is 0 Å². The van der Waals surface area contributed by atoms with E-state index in [0.717, 1.165) is 0 Å². The predicted octanol–water partition coefficient (Wildman–Crippen LogP) is 3.53. The maximum Gasteiger partial charge on any atom is 0.327 e. The standard InChI is InChI=1S/C25H26Cl2FN8O6PS/c26-21-14-2-4-35(23(14)32-10-30-21)25-18(28)20(17(8-38)41-25)42-43(44,39-5-1-3-29)40-9-13-6-16(15(13)7-37)36-12-34-19-22(27)31-11-33-24(19)36/h2,4,10-13,15-18,20,25,37-38H,1,5-9H2/t13-,15-,16-,17-,18+,20?,25-,43?/m1/s1. The fourth-order valence-corrected chi connectivity index (χ4v) is 8.11. The molecule has 2 aliphatic rings. The van der Waals surface area contributed by atoms with Crippen molar-refractivity contribution < 1.29 is 32.9 Å². The van der Waals surface area contributed by atoms with E-state index in [0.29, 0.717) is 28.6 Å². The molecule has 6 rings (SSSR count). The van der Waals surface area contributed by atoms with Gasteiger partial charge in [-0.15, -0.1) is 0 Å². The van der Waals surface area contributed by atoms with Crippen molar-refractivity contribution in [3.8, 4) is 6.07 Å². The Morgan fingerprint density at radius 1 is 1.09 bits per heavy atom. The Kier molecular flexibility index (Phi) is 9.42. The van der Waals surface area contributed by atoms with Crippen molar-refractivity contribution in [3.63, 3.8) is 0 Å². The molecule has 5 heterocycles. The normalized spacial score (nSPS) is 28.2. The summed E-state index contributed by atoms with van der Waals surface area (Å²) in [5, 5.41) is 30.2. The average Bonchev–Trinajstić information content (AvgIpc) is 3.70. The van der Waals surface area contributed by atoms with E-state index < -0.39 is 37.9 Å². The van der Waals surface area contributed by atoms with Crippen molar-refractivity contribution in [1.82, 2.24) is 34.1 Å². The summed E-state index contributed by atoms with van der Waals surface area (Å²) in [7, 11) is 0. The number of halogens is 3. The summed E-state index contributed by atoms with van der Waals surface area (Å²) >= 11 is 18.0. The summed E-state index contributed by atoms with van der Waals surface area (Å²) in [6.45, 7) is -4.50. The van der Waals surface area contributed by atoms with Gasteiger partial charge in [-0.2, -0.15) is 5.26 Å². The van der Waals surface area contributed by atoms with E-state index in [1.54, 1.807) is 18.6 Å². The van der Waals surface area contributed by atoms with Crippen molar-refractivity contribution in [1.29, 1.82) is 5.26 Å². The number of aliphatic hydroxyl groups excluding tert-OH is 2. The van der Waals surface area contributed by atoms with Gasteiger partial charge >= 0.3 is 6.72 Å². The Bertz CT molecular complexity index is 1740. The van der Waals surface area contributed by atoms with Crippen LogP contribution in [0.25, 0.3) is 22.2 Å². The number of alkyl halides is 1. The number of nitriles is 1. The van der Waals surface area contributed by atoms with Crippen LogP contribution < -0.4 is 0 Å². The van der Waals surface area contributed by atoms with E-state index in [-0.39, 0.29) is 54.4 Å². The number of imidazole rings is 1. The van der Waals surface area contributed by atoms with Gasteiger partial charge in [-0.25, -0.2) is 29.3 Å². The van der Waals surface area contributed by atoms with Gasteiger partial charge in [0.05, 0.1) is 44.0 Å². The van der Waals surface area contributed by atoms with Gasteiger partial charge in [0.2, 0.25) is 0 Å². The molecule has 1 saturated carbocycles. The molecule has 2 fully saturated rings. The number of fused-ring (bicyclic) bond motifs is 2. The van der Waals surface area contributed by atoms with Gasteiger partial charge < -0.3 is 33.1 Å². The SMILES string of the molecule is N#CCCOP(=S)(OC[C@H]1C[C@@H](n2cnc3c(Cl)ncnc32)[C@@H]1CO)OC1[C@@H](CO)O[C@@H](n2ccc3c(Cl)ncnc32)[C@H]1F. The highest BCUT2D eigenvalue weighted by atomic mass is 35.5. The molecule has 2 N–H and O–H groups in total. The first kappa shape index (κ1) is 31.6. The molecule has 4 aromatic rings. The lowest BCUT2D eigenvalue weighted by Crippen LogP contribution is -2.43. The second kappa shape index (κ2) is 13.1. The van der Waals surface area contributed by atoms with E-state index in [1.807, 2.05) is 10.6 Å². The molecule has 0 aromatic carbocycles. The lowest BCUT2D eigenvalue weighted by molar-refractivity contribution is -0.0468. The van der Waals surface area contributed by atoms with E-state index in [9.17, 15) is 10.2 Å². The Morgan fingerprint density at radius 2 is 1.86 bits per heavy atom. The molecule has 1 aliphatic heterocycles. The Balaban J connectivity index is 1.17. The third-order valence-electron chi connectivity index (χ3n) is 7.87. The number of nitrogens with zero attached hydrogens (tertiary/aromatic N) is 8. The van der Waals surface area contributed by atoms with Crippen LogP contribution in [0.15, 0.2) is 31.2 Å². The minimum atomic E-state index is -3.68. The van der Waals surface area contributed by atoms with Crippen LogP contribution in [0.1, 0.15) is 25.1 Å². The minimum Gasteiger partial charge on any atom is -0.396 e. The number of rotatable bonds is 12. The van der Waals surface area contributed by atoms with Gasteiger partial charge in [-0.05, 0) is 30.2 Å². The summed E-state index contributed by atoms with van der Waals surface area (Å²) < 4.78 is 43.0. The average molecular weight is 687 g/mol. The van der Waals surface area contributed by atoms with Crippen LogP contribution in [0.2, 0.25) is 10.3 Å². The van der Waals surface area contributed by atoms with Crippen LogP contribution in [-0.4, -0.2) is 89.1 Å². The van der Waals surface area contributed by atoms with Crippen molar-refractivity contribution >= 4 is 63.9 Å². The van der Waals surface area contributed by atoms with Crippen LogP contribution in [0.5, 0.6) is 0 Å². The molecule has 1 aliphatic carbocycles. The zero-order chi connectivity index (χ0) is 31.0. The number of aliphatic hydroxyl groups is 2. The summed E-state index contributed by atoms with van der Waals surface area (Å²) in [6, 6.07) is 3.45. The highest BCUT2D eigenvalue weighted by molar-refractivity contribution is 8.07. The van der Waals surface area contributed by atoms with E-state index in [2.05, 4.69) is 24.9 Å². The van der Waals surface area contributed by atoms with E-state index >= 15 is 4.39 Å². The smallest absolute Gasteiger partial charge is 0.327 e. The third kappa shape index (κ3) is 5.82. The molecule has 234 valence electrons. The molecule has 2 unspecified atom stereocenters. The summed E-state index contributed by atoms with van der Waals surface area (Å²) in [6.07, 6.45) is 0.816. The lowest BCUT2D eigenvalue weighted by Gasteiger charge is -2.44. The summed E-state index contributed by atoms with van der Waals surface area (Å²) in [4.78, 5) is 20.7. The summed E-state index contributed by atoms with van der Waals surface area (Å²) in [5.74, 6) is -0.416. The fourth-order valence-electron chi connectivity index (χ4n) is 5.60. The number of hydrogen-bond donors (Lipinski definition) is 2. The number of ether oxygens (including phenoxy) is 1. The molecule has 0 amide bonds. The largest absolute Gasteiger partial charge is 0.396 e. The van der Waals surface area contributed by atoms with Crippen molar-refractivity contribution in [2.45, 2.75) is 43.5 Å². The molecule has 14 nitrogen and oxygen atoms in total. The monoisotopic (exact) mass is 686 g/mol. The van der Waals surface area contributed by atoms with Gasteiger partial charge in [0.15, 0.2) is 23.2 Å². The topological polar surface area (TPSA) is 175 Å². The van der Waals surface area contributed by atoms with E-state index in [1.165, 1.54) is 17.2 Å². The Hall–Kier alpha value is -2.42.